The van der Waals surface area contributed by atoms with Crippen LogP contribution in [-0.2, 0) is 16.6 Å². The molecule has 0 aliphatic rings. The molecule has 0 saturated heterocycles. The van der Waals surface area contributed by atoms with E-state index < -0.39 is 15.8 Å². The van der Waals surface area contributed by atoms with Crippen molar-refractivity contribution in [2.45, 2.75) is 24.4 Å². The highest BCUT2D eigenvalue weighted by atomic mass is 32.2. The topological polar surface area (TPSA) is 75.3 Å². The highest BCUT2D eigenvalue weighted by Crippen LogP contribution is 2.14. The van der Waals surface area contributed by atoms with E-state index in [1.54, 1.807) is 24.3 Å². The molecule has 0 radical (unpaired) electrons. The molecule has 3 aromatic rings. The van der Waals surface area contributed by atoms with Crippen molar-refractivity contribution in [1.29, 1.82) is 0 Å². The van der Waals surface area contributed by atoms with E-state index in [1.807, 2.05) is 37.3 Å². The molecule has 0 bridgehead atoms. The molecule has 0 heterocycles. The van der Waals surface area contributed by atoms with E-state index in [4.69, 9.17) is 0 Å². The van der Waals surface area contributed by atoms with E-state index in [-0.39, 0.29) is 23.4 Å². The molecule has 2 N–H and O–H groups in total. The Bertz CT molecular complexity index is 1070. The lowest BCUT2D eigenvalue weighted by molar-refractivity contribution is 0.0940. The normalized spacial score (nSPS) is 12.3. The summed E-state index contributed by atoms with van der Waals surface area (Å²) in [6, 6.07) is 20.8. The molecule has 0 aliphatic heterocycles. The number of halogens is 1. The van der Waals surface area contributed by atoms with E-state index in [0.29, 0.717) is 11.1 Å². The van der Waals surface area contributed by atoms with Gasteiger partial charge < -0.3 is 5.32 Å². The largest absolute Gasteiger partial charge is 0.346 e. The van der Waals surface area contributed by atoms with Crippen LogP contribution in [-0.4, -0.2) is 14.3 Å². The monoisotopic (exact) mass is 412 g/mol. The van der Waals surface area contributed by atoms with Crippen LogP contribution < -0.4 is 10.0 Å². The first kappa shape index (κ1) is 20.7. The molecule has 150 valence electrons. The molecule has 3 rings (SSSR count). The third kappa shape index (κ3) is 5.49. The average molecular weight is 412 g/mol. The van der Waals surface area contributed by atoms with E-state index in [0.717, 1.165) is 17.7 Å². The van der Waals surface area contributed by atoms with Crippen molar-refractivity contribution in [3.8, 4) is 0 Å². The maximum atomic E-state index is 13.0. The Balaban J connectivity index is 1.59. The van der Waals surface area contributed by atoms with Gasteiger partial charge in [-0.15, -0.1) is 0 Å². The summed E-state index contributed by atoms with van der Waals surface area (Å²) in [6.45, 7) is 1.97. The summed E-state index contributed by atoms with van der Waals surface area (Å²) in [5.74, 6) is -0.709. The van der Waals surface area contributed by atoms with Crippen LogP contribution in [0.2, 0.25) is 0 Å². The predicted molar refractivity (Wildman–Crippen MR) is 109 cm³/mol. The number of sulfonamides is 1. The lowest BCUT2D eigenvalue weighted by atomic mass is 10.1. The van der Waals surface area contributed by atoms with Gasteiger partial charge in [0.15, 0.2) is 0 Å². The van der Waals surface area contributed by atoms with Gasteiger partial charge in [-0.2, -0.15) is 0 Å². The Morgan fingerprint density at radius 1 is 0.931 bits per heavy atom. The van der Waals surface area contributed by atoms with Crippen LogP contribution in [0.1, 0.15) is 34.5 Å². The van der Waals surface area contributed by atoms with Crippen LogP contribution in [0.15, 0.2) is 83.8 Å². The Labute approximate surface area is 169 Å². The van der Waals surface area contributed by atoms with Crippen molar-refractivity contribution in [2.75, 3.05) is 0 Å². The average Bonchev–Trinajstić information content (AvgIpc) is 2.73. The first-order valence-corrected chi connectivity index (χ1v) is 10.5. The van der Waals surface area contributed by atoms with Gasteiger partial charge in [-0.1, -0.05) is 42.5 Å². The van der Waals surface area contributed by atoms with E-state index in [2.05, 4.69) is 10.0 Å². The van der Waals surface area contributed by atoms with Crippen molar-refractivity contribution in [3.63, 3.8) is 0 Å². The Morgan fingerprint density at radius 3 is 2.17 bits per heavy atom. The fraction of sp³-hybridized carbons (Fsp3) is 0.136. The van der Waals surface area contributed by atoms with Crippen LogP contribution in [0.25, 0.3) is 0 Å². The summed E-state index contributed by atoms with van der Waals surface area (Å²) >= 11 is 0. The number of hydrogen-bond donors (Lipinski definition) is 2. The summed E-state index contributed by atoms with van der Waals surface area (Å²) in [5.41, 5.74) is 2.19. The second-order valence-corrected chi connectivity index (χ2v) is 8.35. The minimum Gasteiger partial charge on any atom is -0.346 e. The van der Waals surface area contributed by atoms with Gasteiger partial charge in [0.25, 0.3) is 5.91 Å². The minimum atomic E-state index is -3.74. The van der Waals surface area contributed by atoms with Gasteiger partial charge in [0, 0.05) is 12.1 Å². The molecule has 0 aliphatic carbocycles. The summed E-state index contributed by atoms with van der Waals surface area (Å²) in [7, 11) is -3.74. The Morgan fingerprint density at radius 2 is 1.55 bits per heavy atom. The summed E-state index contributed by atoms with van der Waals surface area (Å²) in [6.07, 6.45) is 0. The van der Waals surface area contributed by atoms with Gasteiger partial charge in [0.2, 0.25) is 10.0 Å². The van der Waals surface area contributed by atoms with E-state index >= 15 is 0 Å². The van der Waals surface area contributed by atoms with Gasteiger partial charge in [-0.05, 0) is 54.4 Å². The maximum Gasteiger partial charge on any atom is 0.251 e. The number of hydrogen-bond acceptors (Lipinski definition) is 3. The second-order valence-electron chi connectivity index (χ2n) is 6.58. The fourth-order valence-electron chi connectivity index (χ4n) is 2.75. The second kappa shape index (κ2) is 8.98. The summed E-state index contributed by atoms with van der Waals surface area (Å²) < 4.78 is 39.9. The molecule has 1 atom stereocenters. The molecule has 1 amide bonds. The van der Waals surface area contributed by atoms with Gasteiger partial charge in [-0.25, -0.2) is 17.5 Å². The zero-order valence-electron chi connectivity index (χ0n) is 15.8. The smallest absolute Gasteiger partial charge is 0.251 e. The molecule has 29 heavy (non-hydrogen) atoms. The van der Waals surface area contributed by atoms with Crippen LogP contribution in [0.3, 0.4) is 0 Å². The van der Waals surface area contributed by atoms with Gasteiger partial charge >= 0.3 is 0 Å². The van der Waals surface area contributed by atoms with Crippen molar-refractivity contribution in [1.82, 2.24) is 10.0 Å². The maximum absolute atomic E-state index is 13.0. The van der Waals surface area contributed by atoms with E-state index in [1.165, 1.54) is 12.1 Å². The standard InChI is InChI=1S/C22H21FN2O3S/c1-16(18-5-3-2-4-6-18)25-22(26)19-9-7-17(8-10-19)15-24-29(27,28)21-13-11-20(23)12-14-21/h2-14,16,24H,15H2,1H3,(H,25,26). The van der Waals surface area contributed by atoms with Gasteiger partial charge in [-0.3, -0.25) is 4.79 Å². The van der Waals surface area contributed by atoms with Gasteiger partial charge in [0.05, 0.1) is 10.9 Å². The number of carbonyl (C=O) groups excluding carboxylic acids is 1. The number of amides is 1. The highest BCUT2D eigenvalue weighted by molar-refractivity contribution is 7.89. The third-order valence-electron chi connectivity index (χ3n) is 4.45. The van der Waals surface area contributed by atoms with Crippen LogP contribution in [0.4, 0.5) is 4.39 Å². The first-order valence-electron chi connectivity index (χ1n) is 9.05. The summed E-state index contributed by atoms with van der Waals surface area (Å²) in [4.78, 5) is 12.4. The highest BCUT2D eigenvalue weighted by Gasteiger charge is 2.14. The number of benzene rings is 3. The van der Waals surface area contributed by atoms with Gasteiger partial charge in [0.1, 0.15) is 5.82 Å². The lowest BCUT2D eigenvalue weighted by Gasteiger charge is -2.14. The third-order valence-corrected chi connectivity index (χ3v) is 5.87. The minimum absolute atomic E-state index is 0.00945. The zero-order valence-corrected chi connectivity index (χ0v) is 16.6. The molecular formula is C22H21FN2O3S. The lowest BCUT2D eigenvalue weighted by Crippen LogP contribution is -2.26. The summed E-state index contributed by atoms with van der Waals surface area (Å²) in [5, 5.41) is 2.93. The molecule has 5 nitrogen and oxygen atoms in total. The Hall–Kier alpha value is -3.03. The molecule has 0 saturated carbocycles. The SMILES string of the molecule is CC(NC(=O)c1ccc(CNS(=O)(=O)c2ccc(F)cc2)cc1)c1ccccc1. The zero-order chi connectivity index (χ0) is 20.9. The van der Waals surface area contributed by atoms with Crippen LogP contribution in [0.5, 0.6) is 0 Å². The van der Waals surface area contributed by atoms with Crippen molar-refractivity contribution in [2.24, 2.45) is 0 Å². The molecule has 7 heteroatoms. The molecule has 0 fully saturated rings. The fourth-order valence-corrected chi connectivity index (χ4v) is 3.77. The van der Waals surface area contributed by atoms with Crippen LogP contribution >= 0.6 is 0 Å². The number of rotatable bonds is 7. The quantitative estimate of drug-likeness (QED) is 0.620. The first-order chi connectivity index (χ1) is 13.8. The number of carbonyl (C=O) groups is 1. The molecule has 1 unspecified atom stereocenters. The van der Waals surface area contributed by atoms with Crippen LogP contribution in [0, 0.1) is 5.82 Å². The van der Waals surface area contributed by atoms with Crippen molar-refractivity contribution in [3.05, 3.63) is 101 Å². The Kier molecular flexibility index (Phi) is 6.41. The van der Waals surface area contributed by atoms with Crippen molar-refractivity contribution >= 4 is 15.9 Å². The van der Waals surface area contributed by atoms with Crippen molar-refractivity contribution < 1.29 is 17.6 Å². The molecule has 0 aromatic heterocycles. The molecule has 3 aromatic carbocycles. The predicted octanol–water partition coefficient (Wildman–Crippen LogP) is 3.80. The number of nitrogens with one attached hydrogen (secondary N) is 2. The van der Waals surface area contributed by atoms with E-state index in [9.17, 15) is 17.6 Å². The molecule has 0 spiro atoms. The molecular weight excluding hydrogens is 391 g/mol.